The minimum atomic E-state index is -3.49. The van der Waals surface area contributed by atoms with Crippen molar-refractivity contribution in [3.8, 4) is 0 Å². The van der Waals surface area contributed by atoms with E-state index in [9.17, 15) is 8.42 Å². The molecule has 3 fully saturated rings. The van der Waals surface area contributed by atoms with E-state index in [4.69, 9.17) is 4.74 Å². The zero-order valence-electron chi connectivity index (χ0n) is 15.6. The van der Waals surface area contributed by atoms with Gasteiger partial charge in [-0.1, -0.05) is 18.2 Å². The number of hydrogen-bond acceptors (Lipinski definition) is 6. The van der Waals surface area contributed by atoms with Gasteiger partial charge in [0.25, 0.3) is 0 Å². The van der Waals surface area contributed by atoms with Crippen molar-refractivity contribution in [1.82, 2.24) is 24.4 Å². The second-order valence-electron chi connectivity index (χ2n) is 8.13. The van der Waals surface area contributed by atoms with E-state index in [0.29, 0.717) is 17.4 Å². The van der Waals surface area contributed by atoms with Gasteiger partial charge in [0.2, 0.25) is 10.0 Å². The van der Waals surface area contributed by atoms with Gasteiger partial charge < -0.3 is 9.30 Å². The first kappa shape index (κ1) is 18.2. The van der Waals surface area contributed by atoms with Gasteiger partial charge in [-0.25, -0.2) is 13.1 Å². The molecule has 4 atom stereocenters. The number of aromatic nitrogens is 3. The number of hydrogen-bond donors (Lipinski definition) is 1. The second kappa shape index (κ2) is 6.91. The van der Waals surface area contributed by atoms with Gasteiger partial charge in [0, 0.05) is 44.6 Å². The van der Waals surface area contributed by atoms with Crippen molar-refractivity contribution in [1.29, 1.82) is 0 Å². The van der Waals surface area contributed by atoms with E-state index in [1.807, 2.05) is 10.6 Å². The van der Waals surface area contributed by atoms with Crippen LogP contribution in [-0.4, -0.2) is 66.0 Å². The number of nitrogens with one attached hydrogen (secondary N) is 1. The third-order valence-corrected chi connectivity index (χ3v) is 8.00. The number of benzene rings is 1. The third-order valence-electron chi connectivity index (χ3n) is 6.56. The quantitative estimate of drug-likeness (QED) is 0.733. The van der Waals surface area contributed by atoms with Crippen molar-refractivity contribution in [2.45, 2.75) is 36.0 Å². The summed E-state index contributed by atoms with van der Waals surface area (Å²) >= 11 is 0. The van der Waals surface area contributed by atoms with E-state index in [-0.39, 0.29) is 17.6 Å². The largest absolute Gasteiger partial charge is 0.370 e. The first-order valence-corrected chi connectivity index (χ1v) is 11.3. The summed E-state index contributed by atoms with van der Waals surface area (Å²) in [6.45, 7) is 4.10. The van der Waals surface area contributed by atoms with E-state index in [2.05, 4.69) is 19.8 Å². The van der Waals surface area contributed by atoms with Crippen molar-refractivity contribution < 1.29 is 13.2 Å². The Labute approximate surface area is 164 Å². The summed E-state index contributed by atoms with van der Waals surface area (Å²) in [6.07, 6.45) is 5.74. The van der Waals surface area contributed by atoms with Crippen molar-refractivity contribution in [2.75, 3.05) is 26.2 Å². The summed E-state index contributed by atoms with van der Waals surface area (Å²) in [7, 11) is -3.49. The van der Waals surface area contributed by atoms with Crippen LogP contribution in [0.2, 0.25) is 0 Å². The van der Waals surface area contributed by atoms with Crippen LogP contribution in [0.15, 0.2) is 47.9 Å². The molecule has 0 amide bonds. The number of rotatable bonds is 7. The highest BCUT2D eigenvalue weighted by molar-refractivity contribution is 7.89. The van der Waals surface area contributed by atoms with E-state index >= 15 is 0 Å². The van der Waals surface area contributed by atoms with E-state index in [1.54, 1.807) is 36.9 Å². The van der Waals surface area contributed by atoms with Crippen LogP contribution in [0.25, 0.3) is 0 Å². The fraction of sp³-hybridized carbons (Fsp3) is 0.579. The molecule has 1 aromatic heterocycles. The van der Waals surface area contributed by atoms with Crippen LogP contribution in [-0.2, 0) is 21.3 Å². The zero-order chi connectivity index (χ0) is 19.2. The first-order chi connectivity index (χ1) is 13.6. The summed E-state index contributed by atoms with van der Waals surface area (Å²) in [4.78, 5) is 2.75. The van der Waals surface area contributed by atoms with Gasteiger partial charge in [-0.3, -0.25) is 4.90 Å². The summed E-state index contributed by atoms with van der Waals surface area (Å²) in [5, 5.41) is 7.70. The Morgan fingerprint density at radius 3 is 2.75 bits per heavy atom. The Morgan fingerprint density at radius 1 is 1.18 bits per heavy atom. The molecule has 1 spiro atoms. The number of sulfonamides is 1. The number of likely N-dealkylation sites (tertiary alicyclic amines) is 1. The normalized spacial score (nSPS) is 32.1. The minimum Gasteiger partial charge on any atom is -0.370 e. The van der Waals surface area contributed by atoms with Crippen LogP contribution in [0.4, 0.5) is 0 Å². The fourth-order valence-electron chi connectivity index (χ4n) is 5.21. The Morgan fingerprint density at radius 2 is 1.96 bits per heavy atom. The number of fused-ring (bicyclic) bond motifs is 1. The van der Waals surface area contributed by atoms with Crippen molar-refractivity contribution in [3.63, 3.8) is 0 Å². The van der Waals surface area contributed by atoms with Crippen LogP contribution in [0.5, 0.6) is 0 Å². The lowest BCUT2D eigenvalue weighted by Gasteiger charge is -2.29. The number of ether oxygens (including phenoxy) is 1. The van der Waals surface area contributed by atoms with E-state index in [1.165, 1.54) is 0 Å². The van der Waals surface area contributed by atoms with E-state index < -0.39 is 10.0 Å². The Balaban J connectivity index is 1.24. The molecule has 8 nitrogen and oxygen atoms in total. The summed E-state index contributed by atoms with van der Waals surface area (Å²) in [6, 6.07) is 8.57. The highest BCUT2D eigenvalue weighted by Gasteiger charge is 2.62. The molecule has 0 aliphatic carbocycles. The second-order valence-corrected chi connectivity index (χ2v) is 9.90. The van der Waals surface area contributed by atoms with Crippen molar-refractivity contribution in [3.05, 3.63) is 43.0 Å². The smallest absolute Gasteiger partial charge is 0.240 e. The predicted octanol–water partition coefficient (Wildman–Crippen LogP) is 0.736. The van der Waals surface area contributed by atoms with Crippen LogP contribution < -0.4 is 4.72 Å². The molecule has 5 rings (SSSR count). The molecule has 150 valence electrons. The topological polar surface area (TPSA) is 89.4 Å². The van der Waals surface area contributed by atoms with Gasteiger partial charge in [0.1, 0.15) is 12.7 Å². The zero-order valence-corrected chi connectivity index (χ0v) is 16.5. The molecule has 1 aromatic carbocycles. The molecule has 9 heteroatoms. The molecule has 4 heterocycles. The Hall–Kier alpha value is -1.81. The molecule has 0 saturated carbocycles. The van der Waals surface area contributed by atoms with Crippen LogP contribution in [0.1, 0.15) is 12.8 Å². The lowest BCUT2D eigenvalue weighted by molar-refractivity contribution is 0.00261. The van der Waals surface area contributed by atoms with Gasteiger partial charge in [-0.05, 0) is 25.0 Å². The average molecular weight is 404 g/mol. The standard InChI is InChI=1S/C19H25N5O3S/c25-28(26,15-4-2-1-3-5-15)22-10-16-17-11-23(8-9-24-13-20-21-14-24)12-19(17)7-6-18(16)27-19/h1-5,13-14,16-18,22H,6-12H2/t16-,17+,18+,19+/m0/s1. The Kier molecular flexibility index (Phi) is 4.50. The molecule has 28 heavy (non-hydrogen) atoms. The minimum absolute atomic E-state index is 0.0965. The maximum Gasteiger partial charge on any atom is 0.240 e. The van der Waals surface area contributed by atoms with Gasteiger partial charge in [0.15, 0.2) is 0 Å². The maximum absolute atomic E-state index is 12.6. The molecule has 2 aromatic rings. The van der Waals surface area contributed by atoms with Crippen LogP contribution in [0, 0.1) is 11.8 Å². The fourth-order valence-corrected chi connectivity index (χ4v) is 6.31. The van der Waals surface area contributed by atoms with Crippen molar-refractivity contribution >= 4 is 10.0 Å². The lowest BCUT2D eigenvalue weighted by Crippen LogP contribution is -2.41. The molecule has 0 radical (unpaired) electrons. The number of nitrogens with zero attached hydrogens (tertiary/aromatic N) is 4. The SMILES string of the molecule is O=S(=O)(NC[C@H]1[C@H]2CN(CCn3cnnc3)C[C@]23CC[C@H]1O3)c1ccccc1. The van der Waals surface area contributed by atoms with Crippen LogP contribution >= 0.6 is 0 Å². The molecule has 3 aliphatic heterocycles. The summed E-state index contributed by atoms with van der Waals surface area (Å²) in [5.74, 6) is 0.609. The summed E-state index contributed by atoms with van der Waals surface area (Å²) < 4.78 is 36.5. The van der Waals surface area contributed by atoms with Gasteiger partial charge >= 0.3 is 0 Å². The maximum atomic E-state index is 12.6. The molecular formula is C19H25N5O3S. The monoisotopic (exact) mass is 403 g/mol. The van der Waals surface area contributed by atoms with Crippen molar-refractivity contribution in [2.24, 2.45) is 11.8 Å². The lowest BCUT2D eigenvalue weighted by atomic mass is 9.74. The van der Waals surface area contributed by atoms with Gasteiger partial charge in [-0.15, -0.1) is 10.2 Å². The third kappa shape index (κ3) is 3.16. The molecule has 3 aliphatic rings. The highest BCUT2D eigenvalue weighted by atomic mass is 32.2. The highest BCUT2D eigenvalue weighted by Crippen LogP contribution is 2.54. The molecule has 2 bridgehead atoms. The van der Waals surface area contributed by atoms with Gasteiger partial charge in [0.05, 0.1) is 16.6 Å². The average Bonchev–Trinajstić information content (AvgIpc) is 3.46. The van der Waals surface area contributed by atoms with E-state index in [0.717, 1.165) is 39.0 Å². The Bertz CT molecular complexity index is 920. The molecule has 3 saturated heterocycles. The summed E-state index contributed by atoms with van der Waals surface area (Å²) in [5.41, 5.74) is -0.0965. The first-order valence-electron chi connectivity index (χ1n) is 9.83. The molecule has 1 N–H and O–H groups in total. The van der Waals surface area contributed by atoms with Gasteiger partial charge in [-0.2, -0.15) is 0 Å². The molecule has 0 unspecified atom stereocenters. The van der Waals surface area contributed by atoms with Crippen LogP contribution in [0.3, 0.4) is 0 Å². The predicted molar refractivity (Wildman–Crippen MR) is 102 cm³/mol. The molecular weight excluding hydrogens is 378 g/mol.